The Hall–Kier alpha value is -3.62. The lowest BCUT2D eigenvalue weighted by atomic mass is 10.0. The van der Waals surface area contributed by atoms with Crippen LogP contribution in [-0.2, 0) is 6.42 Å². The van der Waals surface area contributed by atoms with Crippen molar-refractivity contribution in [3.05, 3.63) is 71.6 Å². The minimum atomic E-state index is -0.513. The van der Waals surface area contributed by atoms with E-state index in [9.17, 15) is 9.18 Å². The summed E-state index contributed by atoms with van der Waals surface area (Å²) in [5, 5.41) is 16.7. The molecule has 0 fully saturated rings. The third kappa shape index (κ3) is 3.14. The number of nitrogens with one attached hydrogen (secondary N) is 3. The van der Waals surface area contributed by atoms with Crippen LogP contribution in [0, 0.1) is 5.82 Å². The molecule has 2 aromatic heterocycles. The van der Waals surface area contributed by atoms with Crippen LogP contribution in [0.3, 0.4) is 0 Å². The summed E-state index contributed by atoms with van der Waals surface area (Å²) in [5.41, 5.74) is 1.91. The molecular formula is C17H14FN7O. The Morgan fingerprint density at radius 1 is 1.23 bits per heavy atom. The molecule has 0 saturated carbocycles. The van der Waals surface area contributed by atoms with Gasteiger partial charge in [-0.15, -0.1) is 10.2 Å². The Bertz CT molecular complexity index is 1030. The molecule has 2 aromatic carbocycles. The number of amides is 1. The lowest BCUT2D eigenvalue weighted by Gasteiger charge is -2.18. The summed E-state index contributed by atoms with van der Waals surface area (Å²) >= 11 is 0. The van der Waals surface area contributed by atoms with Crippen molar-refractivity contribution in [1.29, 1.82) is 0 Å². The minimum Gasteiger partial charge on any atom is -0.345 e. The van der Waals surface area contributed by atoms with Crippen molar-refractivity contribution in [3.63, 3.8) is 0 Å². The molecule has 2 heterocycles. The number of aromatic nitrogens is 6. The average molecular weight is 351 g/mol. The molecule has 3 N–H and O–H groups in total. The SMILES string of the molecule is O=C(NC(Cc1nn[nH]n1)c1ccccc1)c1cc(F)cc2[nH]cnc12. The molecule has 0 aliphatic heterocycles. The summed E-state index contributed by atoms with van der Waals surface area (Å²) < 4.78 is 13.8. The van der Waals surface area contributed by atoms with E-state index in [-0.39, 0.29) is 5.56 Å². The van der Waals surface area contributed by atoms with Crippen molar-refractivity contribution in [2.45, 2.75) is 12.5 Å². The first-order valence-electron chi connectivity index (χ1n) is 7.91. The fourth-order valence-corrected chi connectivity index (χ4v) is 2.81. The third-order valence-corrected chi connectivity index (χ3v) is 4.02. The van der Waals surface area contributed by atoms with Crippen LogP contribution < -0.4 is 5.32 Å². The highest BCUT2D eigenvalue weighted by Gasteiger charge is 2.21. The number of carbonyl (C=O) groups is 1. The Morgan fingerprint density at radius 3 is 2.85 bits per heavy atom. The molecule has 26 heavy (non-hydrogen) atoms. The number of fused-ring (bicyclic) bond motifs is 1. The topological polar surface area (TPSA) is 112 Å². The molecule has 8 nitrogen and oxygen atoms in total. The molecule has 0 aliphatic rings. The van der Waals surface area contributed by atoms with Gasteiger partial charge in [0.2, 0.25) is 0 Å². The van der Waals surface area contributed by atoms with Gasteiger partial charge in [-0.05, 0) is 17.7 Å². The van der Waals surface area contributed by atoms with E-state index in [1.807, 2.05) is 30.3 Å². The van der Waals surface area contributed by atoms with Crippen LogP contribution in [-0.4, -0.2) is 36.5 Å². The van der Waals surface area contributed by atoms with Crippen molar-refractivity contribution >= 4 is 16.9 Å². The van der Waals surface area contributed by atoms with Crippen LogP contribution >= 0.6 is 0 Å². The highest BCUT2D eigenvalue weighted by atomic mass is 19.1. The molecule has 0 bridgehead atoms. The van der Waals surface area contributed by atoms with E-state index in [2.05, 4.69) is 35.9 Å². The first-order chi connectivity index (χ1) is 12.7. The van der Waals surface area contributed by atoms with Crippen LogP contribution in [0.2, 0.25) is 0 Å². The number of hydrogen-bond donors (Lipinski definition) is 3. The van der Waals surface area contributed by atoms with E-state index < -0.39 is 17.8 Å². The number of aromatic amines is 2. The summed E-state index contributed by atoms with van der Waals surface area (Å²) in [6.07, 6.45) is 1.76. The number of benzene rings is 2. The predicted molar refractivity (Wildman–Crippen MR) is 90.6 cm³/mol. The second-order valence-corrected chi connectivity index (χ2v) is 5.72. The van der Waals surface area contributed by atoms with Gasteiger partial charge in [0.15, 0.2) is 5.82 Å². The second-order valence-electron chi connectivity index (χ2n) is 5.72. The molecule has 0 spiro atoms. The normalized spacial score (nSPS) is 12.2. The number of halogens is 1. The zero-order valence-corrected chi connectivity index (χ0v) is 13.5. The first-order valence-corrected chi connectivity index (χ1v) is 7.91. The Kier molecular flexibility index (Phi) is 4.10. The van der Waals surface area contributed by atoms with Crippen LogP contribution in [0.25, 0.3) is 11.0 Å². The Morgan fingerprint density at radius 2 is 2.08 bits per heavy atom. The maximum atomic E-state index is 13.8. The second kappa shape index (κ2) is 6.71. The highest BCUT2D eigenvalue weighted by molar-refractivity contribution is 6.05. The largest absolute Gasteiger partial charge is 0.345 e. The lowest BCUT2D eigenvalue weighted by Crippen LogP contribution is -2.30. The molecule has 1 unspecified atom stereocenters. The maximum Gasteiger partial charge on any atom is 0.254 e. The van der Waals surface area contributed by atoms with Crippen molar-refractivity contribution in [3.8, 4) is 0 Å². The van der Waals surface area contributed by atoms with Crippen LogP contribution in [0.15, 0.2) is 48.8 Å². The predicted octanol–water partition coefficient (Wildman–Crippen LogP) is 1.93. The van der Waals surface area contributed by atoms with E-state index in [0.29, 0.717) is 23.3 Å². The van der Waals surface area contributed by atoms with Gasteiger partial charge in [0.1, 0.15) is 11.3 Å². The van der Waals surface area contributed by atoms with E-state index in [1.54, 1.807) is 0 Å². The number of nitrogens with zero attached hydrogens (tertiary/aromatic N) is 4. The van der Waals surface area contributed by atoms with Crippen molar-refractivity contribution < 1.29 is 9.18 Å². The van der Waals surface area contributed by atoms with Gasteiger partial charge in [0.25, 0.3) is 5.91 Å². The summed E-state index contributed by atoms with van der Waals surface area (Å²) in [5.74, 6) is -0.483. The molecular weight excluding hydrogens is 337 g/mol. The number of H-pyrrole nitrogens is 2. The fourth-order valence-electron chi connectivity index (χ4n) is 2.81. The quantitative estimate of drug-likeness (QED) is 0.509. The van der Waals surface area contributed by atoms with Gasteiger partial charge in [-0.1, -0.05) is 35.5 Å². The van der Waals surface area contributed by atoms with Crippen LogP contribution in [0.5, 0.6) is 0 Å². The molecule has 1 amide bonds. The van der Waals surface area contributed by atoms with Crippen molar-refractivity contribution in [2.24, 2.45) is 0 Å². The summed E-state index contributed by atoms with van der Waals surface area (Å²) in [6, 6.07) is 11.5. The molecule has 1 atom stereocenters. The van der Waals surface area contributed by atoms with Crippen LogP contribution in [0.4, 0.5) is 4.39 Å². The van der Waals surface area contributed by atoms with Gasteiger partial charge in [-0.3, -0.25) is 4.79 Å². The van der Waals surface area contributed by atoms with E-state index in [1.165, 1.54) is 18.5 Å². The molecule has 4 rings (SSSR count). The average Bonchev–Trinajstić information content (AvgIpc) is 3.32. The number of hydrogen-bond acceptors (Lipinski definition) is 5. The van der Waals surface area contributed by atoms with Crippen LogP contribution in [0.1, 0.15) is 27.8 Å². The smallest absolute Gasteiger partial charge is 0.254 e. The number of imidazole rings is 1. The lowest BCUT2D eigenvalue weighted by molar-refractivity contribution is 0.0937. The third-order valence-electron chi connectivity index (χ3n) is 4.02. The molecule has 0 aliphatic carbocycles. The Labute approximate surface area is 146 Å². The monoisotopic (exact) mass is 351 g/mol. The zero-order valence-electron chi connectivity index (χ0n) is 13.5. The van der Waals surface area contributed by atoms with E-state index >= 15 is 0 Å². The molecule has 4 aromatic rings. The van der Waals surface area contributed by atoms with Gasteiger partial charge < -0.3 is 10.3 Å². The number of carbonyl (C=O) groups excluding carboxylic acids is 1. The molecule has 130 valence electrons. The standard InChI is InChI=1S/C17H14FN7O/c18-11-6-12(16-14(7-11)19-9-20-16)17(26)21-13(8-15-22-24-25-23-15)10-4-2-1-3-5-10/h1-7,9,13H,8H2,(H,19,20)(H,21,26)(H,22,23,24,25). The molecule has 0 saturated heterocycles. The van der Waals surface area contributed by atoms with E-state index in [0.717, 1.165) is 5.56 Å². The van der Waals surface area contributed by atoms with Crippen molar-refractivity contribution in [1.82, 2.24) is 35.9 Å². The van der Waals surface area contributed by atoms with Gasteiger partial charge in [-0.25, -0.2) is 9.37 Å². The van der Waals surface area contributed by atoms with Gasteiger partial charge >= 0.3 is 0 Å². The number of rotatable bonds is 5. The maximum absolute atomic E-state index is 13.8. The molecule has 0 radical (unpaired) electrons. The van der Waals surface area contributed by atoms with Gasteiger partial charge in [0, 0.05) is 6.42 Å². The highest BCUT2D eigenvalue weighted by Crippen LogP contribution is 2.21. The summed E-state index contributed by atoms with van der Waals surface area (Å²) in [6.45, 7) is 0. The fraction of sp³-hybridized carbons (Fsp3) is 0.118. The Balaban J connectivity index is 1.66. The van der Waals surface area contributed by atoms with Gasteiger partial charge in [0.05, 0.1) is 23.4 Å². The van der Waals surface area contributed by atoms with Gasteiger partial charge in [-0.2, -0.15) is 5.21 Å². The summed E-state index contributed by atoms with van der Waals surface area (Å²) in [7, 11) is 0. The first kappa shape index (κ1) is 15.9. The number of tetrazole rings is 1. The van der Waals surface area contributed by atoms with Crippen molar-refractivity contribution in [2.75, 3.05) is 0 Å². The minimum absolute atomic E-state index is 0.162. The zero-order chi connectivity index (χ0) is 17.9. The molecule has 9 heteroatoms. The summed E-state index contributed by atoms with van der Waals surface area (Å²) in [4.78, 5) is 19.8. The van der Waals surface area contributed by atoms with E-state index in [4.69, 9.17) is 0 Å².